The summed E-state index contributed by atoms with van der Waals surface area (Å²) in [6.07, 6.45) is 0.249. The molecule has 0 unspecified atom stereocenters. The number of carbonyl (C=O) groups excluding carboxylic acids is 2. The van der Waals surface area contributed by atoms with E-state index in [0.29, 0.717) is 22.2 Å². The Bertz CT molecular complexity index is 1110. The molecule has 1 aliphatic heterocycles. The lowest BCUT2D eigenvalue weighted by Gasteiger charge is -2.16. The van der Waals surface area contributed by atoms with Crippen molar-refractivity contribution in [2.75, 3.05) is 26.0 Å². The van der Waals surface area contributed by atoms with Gasteiger partial charge in [-0.3, -0.25) is 9.59 Å². The maximum absolute atomic E-state index is 12.3. The first kappa shape index (κ1) is 19.1. The van der Waals surface area contributed by atoms with Crippen LogP contribution in [-0.4, -0.2) is 52.6 Å². The predicted molar refractivity (Wildman–Crippen MR) is 107 cm³/mol. The van der Waals surface area contributed by atoms with Crippen molar-refractivity contribution in [1.29, 1.82) is 0 Å². The van der Waals surface area contributed by atoms with Gasteiger partial charge in [-0.1, -0.05) is 34.7 Å². The quantitative estimate of drug-likeness (QED) is 0.579. The summed E-state index contributed by atoms with van der Waals surface area (Å²) >= 11 is 1.31. The topological polar surface area (TPSA) is 135 Å². The van der Waals surface area contributed by atoms with Crippen molar-refractivity contribution in [2.45, 2.75) is 12.0 Å². The number of thiazole rings is 1. The molecule has 1 aliphatic rings. The van der Waals surface area contributed by atoms with E-state index in [9.17, 15) is 14.7 Å². The van der Waals surface area contributed by atoms with Crippen LogP contribution in [0.5, 0.6) is 0 Å². The first-order valence-electron chi connectivity index (χ1n) is 8.88. The molecule has 4 N–H and O–H groups in total. The molecule has 2 aromatic heterocycles. The maximum Gasteiger partial charge on any atom is 0.270 e. The summed E-state index contributed by atoms with van der Waals surface area (Å²) < 4.78 is 5.31. The number of hydrogen-bond donors (Lipinski definition) is 3. The van der Waals surface area contributed by atoms with Gasteiger partial charge in [0.25, 0.3) is 11.8 Å². The Hall–Kier alpha value is -3.24. The Morgan fingerprint density at radius 3 is 2.76 bits per heavy atom. The lowest BCUT2D eigenvalue weighted by molar-refractivity contribution is -0.144. The molecule has 0 saturated carbocycles. The summed E-state index contributed by atoms with van der Waals surface area (Å²) in [5.74, 6) is -0.890. The highest BCUT2D eigenvalue weighted by Gasteiger charge is 2.48. The first-order chi connectivity index (χ1) is 13.8. The Kier molecular flexibility index (Phi) is 4.59. The van der Waals surface area contributed by atoms with Crippen molar-refractivity contribution in [2.24, 2.45) is 5.73 Å². The number of anilines is 1. The van der Waals surface area contributed by atoms with Crippen molar-refractivity contribution in [1.82, 2.24) is 15.0 Å². The van der Waals surface area contributed by atoms with Gasteiger partial charge >= 0.3 is 0 Å². The Morgan fingerprint density at radius 1 is 1.38 bits per heavy atom. The van der Waals surface area contributed by atoms with Gasteiger partial charge < -0.3 is 25.6 Å². The standard InChI is InChI=1S/C19H19N5O4S/c1-21-17-14(15(20)25)22-16(29-17)11-5-3-4-10(8-11)12-9-13(28-23-12)19(27)6-7-24(2)18(19)26/h3-5,8-9,21,27H,6-7H2,1-2H3,(H2,20,25)/t19-/m1/s1. The lowest BCUT2D eigenvalue weighted by atomic mass is 9.98. The van der Waals surface area contributed by atoms with Gasteiger partial charge in [0.2, 0.25) is 5.60 Å². The molecule has 3 heterocycles. The zero-order valence-corrected chi connectivity index (χ0v) is 16.6. The maximum atomic E-state index is 12.3. The third-order valence-electron chi connectivity index (χ3n) is 4.92. The summed E-state index contributed by atoms with van der Waals surface area (Å²) in [7, 11) is 3.33. The van der Waals surface area contributed by atoms with Gasteiger partial charge in [0.15, 0.2) is 11.5 Å². The molecule has 1 saturated heterocycles. The number of benzene rings is 1. The van der Waals surface area contributed by atoms with E-state index >= 15 is 0 Å². The van der Waals surface area contributed by atoms with E-state index in [1.54, 1.807) is 20.2 Å². The van der Waals surface area contributed by atoms with Crippen molar-refractivity contribution >= 4 is 28.2 Å². The molecule has 10 heteroatoms. The fourth-order valence-electron chi connectivity index (χ4n) is 3.28. The van der Waals surface area contributed by atoms with Crippen molar-refractivity contribution in [3.05, 3.63) is 41.8 Å². The normalized spacial score (nSPS) is 19.0. The summed E-state index contributed by atoms with van der Waals surface area (Å²) in [5.41, 5.74) is 5.87. The molecule has 150 valence electrons. The number of primary amides is 1. The number of nitrogens with one attached hydrogen (secondary N) is 1. The van der Waals surface area contributed by atoms with E-state index in [1.807, 2.05) is 24.3 Å². The average Bonchev–Trinajstić information content (AvgIpc) is 3.43. The van der Waals surface area contributed by atoms with Gasteiger partial charge in [0, 0.05) is 44.3 Å². The highest BCUT2D eigenvalue weighted by Crippen LogP contribution is 2.36. The van der Waals surface area contributed by atoms with Crippen LogP contribution in [0.15, 0.2) is 34.9 Å². The molecule has 3 aromatic rings. The van der Waals surface area contributed by atoms with E-state index in [4.69, 9.17) is 10.3 Å². The van der Waals surface area contributed by atoms with Crippen LogP contribution in [0.25, 0.3) is 21.8 Å². The van der Waals surface area contributed by atoms with Gasteiger partial charge in [0.1, 0.15) is 15.7 Å². The SMILES string of the molecule is CNc1sc(-c2cccc(-c3cc([C@]4(O)CCN(C)C4=O)on3)c2)nc1C(N)=O. The molecule has 1 fully saturated rings. The van der Waals surface area contributed by atoms with Gasteiger partial charge in [-0.25, -0.2) is 4.98 Å². The summed E-state index contributed by atoms with van der Waals surface area (Å²) in [5, 5.41) is 18.9. The first-order valence-corrected chi connectivity index (χ1v) is 9.69. The molecule has 29 heavy (non-hydrogen) atoms. The van der Waals surface area contributed by atoms with E-state index in [0.717, 1.165) is 11.1 Å². The monoisotopic (exact) mass is 413 g/mol. The van der Waals surface area contributed by atoms with Crippen LogP contribution in [0.1, 0.15) is 22.7 Å². The summed E-state index contributed by atoms with van der Waals surface area (Å²) in [4.78, 5) is 29.6. The molecule has 1 aromatic carbocycles. The summed E-state index contributed by atoms with van der Waals surface area (Å²) in [6, 6.07) is 8.94. The van der Waals surface area contributed by atoms with Gasteiger partial charge in [-0.05, 0) is 6.07 Å². The number of likely N-dealkylation sites (N-methyl/N-ethyl adjacent to an activating group) is 1. The number of carbonyl (C=O) groups is 2. The number of likely N-dealkylation sites (tertiary alicyclic amines) is 1. The molecule has 0 radical (unpaired) electrons. The van der Waals surface area contributed by atoms with E-state index in [-0.39, 0.29) is 17.9 Å². The molecule has 9 nitrogen and oxygen atoms in total. The molecular formula is C19H19N5O4S. The van der Waals surface area contributed by atoms with Crippen LogP contribution in [0.4, 0.5) is 5.00 Å². The molecule has 2 amide bonds. The molecular weight excluding hydrogens is 394 g/mol. The van der Waals surface area contributed by atoms with Crippen LogP contribution < -0.4 is 11.1 Å². The number of aliphatic hydroxyl groups is 1. The van der Waals surface area contributed by atoms with Crippen LogP contribution in [0.3, 0.4) is 0 Å². The Morgan fingerprint density at radius 2 is 2.14 bits per heavy atom. The molecule has 0 bridgehead atoms. The average molecular weight is 413 g/mol. The highest BCUT2D eigenvalue weighted by atomic mass is 32.1. The van der Waals surface area contributed by atoms with Gasteiger partial charge in [-0.2, -0.15) is 0 Å². The number of amides is 2. The largest absolute Gasteiger partial charge is 0.378 e. The zero-order valence-electron chi connectivity index (χ0n) is 15.8. The van der Waals surface area contributed by atoms with Crippen molar-refractivity contribution in [3.63, 3.8) is 0 Å². The summed E-state index contributed by atoms with van der Waals surface area (Å²) in [6.45, 7) is 0.445. The zero-order chi connectivity index (χ0) is 20.8. The van der Waals surface area contributed by atoms with E-state index in [2.05, 4.69) is 15.5 Å². The number of nitrogens with two attached hydrogens (primary N) is 1. The number of hydrogen-bond acceptors (Lipinski definition) is 8. The van der Waals surface area contributed by atoms with E-state index < -0.39 is 17.4 Å². The number of rotatable bonds is 5. The van der Waals surface area contributed by atoms with Gasteiger partial charge in [0.05, 0.1) is 0 Å². The van der Waals surface area contributed by atoms with Crippen LogP contribution in [0, 0.1) is 0 Å². The third-order valence-corrected chi connectivity index (χ3v) is 6.04. The lowest BCUT2D eigenvalue weighted by Crippen LogP contribution is -2.35. The fourth-order valence-corrected chi connectivity index (χ4v) is 4.20. The minimum absolute atomic E-state index is 0.120. The van der Waals surface area contributed by atoms with Crippen LogP contribution in [0.2, 0.25) is 0 Å². The fraction of sp³-hybridized carbons (Fsp3) is 0.263. The van der Waals surface area contributed by atoms with Crippen molar-refractivity contribution < 1.29 is 19.2 Å². The third kappa shape index (κ3) is 3.15. The minimum atomic E-state index is -1.69. The van der Waals surface area contributed by atoms with Crippen LogP contribution in [-0.2, 0) is 10.4 Å². The van der Waals surface area contributed by atoms with Gasteiger partial charge in [-0.15, -0.1) is 0 Å². The van der Waals surface area contributed by atoms with E-state index in [1.165, 1.54) is 16.2 Å². The molecule has 1 atom stereocenters. The number of aromatic nitrogens is 2. The molecule has 4 rings (SSSR count). The highest BCUT2D eigenvalue weighted by molar-refractivity contribution is 7.19. The second-order valence-corrected chi connectivity index (χ2v) is 7.80. The number of nitrogens with zero attached hydrogens (tertiary/aromatic N) is 3. The van der Waals surface area contributed by atoms with Crippen molar-refractivity contribution in [3.8, 4) is 21.8 Å². The van der Waals surface area contributed by atoms with Crippen LogP contribution >= 0.6 is 11.3 Å². The Labute approximate surface area is 170 Å². The predicted octanol–water partition coefficient (Wildman–Crippen LogP) is 1.66. The second kappa shape index (κ2) is 6.98. The second-order valence-electron chi connectivity index (χ2n) is 6.81. The molecule has 0 spiro atoms. The minimum Gasteiger partial charge on any atom is -0.378 e. The smallest absolute Gasteiger partial charge is 0.270 e. The Balaban J connectivity index is 1.68. The molecule has 0 aliphatic carbocycles.